The molecule has 1 aromatic heterocycles. The van der Waals surface area contributed by atoms with Crippen molar-refractivity contribution < 1.29 is 9.13 Å². The molecule has 0 radical (unpaired) electrons. The summed E-state index contributed by atoms with van der Waals surface area (Å²) in [6, 6.07) is 4.68. The molecule has 21 heavy (non-hydrogen) atoms. The predicted molar refractivity (Wildman–Crippen MR) is 91.9 cm³/mol. The van der Waals surface area contributed by atoms with E-state index in [-0.39, 0.29) is 10.8 Å². The summed E-state index contributed by atoms with van der Waals surface area (Å²) in [5.74, 6) is 0.209. The fourth-order valence-corrected chi connectivity index (χ4v) is 2.70. The number of nitrogens with zero attached hydrogens (tertiary/aromatic N) is 1. The highest BCUT2D eigenvalue weighted by molar-refractivity contribution is 14.1. The quantitative estimate of drug-likeness (QED) is 0.723. The summed E-state index contributed by atoms with van der Waals surface area (Å²) in [5.41, 5.74) is 7.03. The molecule has 0 aliphatic heterocycles. The molecule has 0 fully saturated rings. The van der Waals surface area contributed by atoms with Crippen LogP contribution in [0.25, 0.3) is 6.08 Å². The molecular formula is C15H13ClFIN2O. The van der Waals surface area contributed by atoms with Gasteiger partial charge in [-0.15, -0.1) is 0 Å². The lowest BCUT2D eigenvalue weighted by Crippen LogP contribution is -2.09. The SMILES string of the molecule is C=Cc1ccc(F)c(Cl)c1C(C)Oc1cc(I)cnc1N. The van der Waals surface area contributed by atoms with Gasteiger partial charge in [0.25, 0.3) is 0 Å². The highest BCUT2D eigenvalue weighted by atomic mass is 127. The van der Waals surface area contributed by atoms with Gasteiger partial charge in [0.2, 0.25) is 0 Å². The molecule has 0 amide bonds. The van der Waals surface area contributed by atoms with E-state index in [0.717, 1.165) is 3.57 Å². The number of pyridine rings is 1. The predicted octanol–water partition coefficient (Wildman–Crippen LogP) is 4.84. The topological polar surface area (TPSA) is 48.1 Å². The number of halogens is 3. The normalized spacial score (nSPS) is 12.0. The van der Waals surface area contributed by atoms with E-state index in [1.54, 1.807) is 31.3 Å². The molecule has 2 aromatic rings. The van der Waals surface area contributed by atoms with Crippen molar-refractivity contribution in [2.75, 3.05) is 5.73 Å². The van der Waals surface area contributed by atoms with E-state index in [4.69, 9.17) is 22.1 Å². The van der Waals surface area contributed by atoms with Gasteiger partial charge in [0.1, 0.15) is 11.9 Å². The van der Waals surface area contributed by atoms with Gasteiger partial charge in [-0.05, 0) is 47.2 Å². The number of aromatic nitrogens is 1. The molecule has 1 heterocycles. The molecule has 2 N–H and O–H groups in total. The molecule has 0 saturated carbocycles. The largest absolute Gasteiger partial charge is 0.482 e. The van der Waals surface area contributed by atoms with Gasteiger partial charge in [0.15, 0.2) is 11.6 Å². The zero-order chi connectivity index (χ0) is 15.6. The third-order valence-electron chi connectivity index (χ3n) is 2.94. The van der Waals surface area contributed by atoms with Gasteiger partial charge in [-0.3, -0.25) is 0 Å². The van der Waals surface area contributed by atoms with Crippen LogP contribution in [0.15, 0.2) is 31.0 Å². The Morgan fingerprint density at radius 1 is 1.52 bits per heavy atom. The number of ether oxygens (including phenoxy) is 1. The molecule has 0 saturated heterocycles. The Morgan fingerprint density at radius 3 is 2.90 bits per heavy atom. The van der Waals surface area contributed by atoms with Crippen LogP contribution in [0.5, 0.6) is 5.75 Å². The van der Waals surface area contributed by atoms with Crippen molar-refractivity contribution in [3.05, 3.63) is 56.5 Å². The van der Waals surface area contributed by atoms with Gasteiger partial charge in [-0.25, -0.2) is 9.37 Å². The van der Waals surface area contributed by atoms with Crippen LogP contribution in [0.1, 0.15) is 24.2 Å². The second-order valence-electron chi connectivity index (χ2n) is 4.37. The standard InChI is InChI=1S/C15H13ClFIN2O/c1-3-9-4-5-11(17)14(16)13(9)8(2)21-12-6-10(18)7-20-15(12)19/h3-8H,1H2,2H3,(H2,19,20). The van der Waals surface area contributed by atoms with Crippen molar-refractivity contribution in [2.45, 2.75) is 13.0 Å². The van der Waals surface area contributed by atoms with Crippen LogP contribution in [-0.4, -0.2) is 4.98 Å². The summed E-state index contributed by atoms with van der Waals surface area (Å²) >= 11 is 8.17. The van der Waals surface area contributed by atoms with Crippen LogP contribution >= 0.6 is 34.2 Å². The number of benzene rings is 1. The Balaban J connectivity index is 2.41. The number of rotatable bonds is 4. The van der Waals surface area contributed by atoms with Gasteiger partial charge < -0.3 is 10.5 Å². The number of anilines is 1. The summed E-state index contributed by atoms with van der Waals surface area (Å²) in [4.78, 5) is 4.03. The van der Waals surface area contributed by atoms with E-state index < -0.39 is 11.9 Å². The minimum absolute atomic E-state index is 0.0251. The number of hydrogen-bond acceptors (Lipinski definition) is 3. The number of hydrogen-bond donors (Lipinski definition) is 1. The van der Waals surface area contributed by atoms with E-state index in [1.165, 1.54) is 6.07 Å². The van der Waals surface area contributed by atoms with E-state index in [1.807, 2.05) is 0 Å². The van der Waals surface area contributed by atoms with Gasteiger partial charge in [-0.1, -0.05) is 30.3 Å². The van der Waals surface area contributed by atoms with E-state index in [0.29, 0.717) is 16.9 Å². The van der Waals surface area contributed by atoms with Gasteiger partial charge in [-0.2, -0.15) is 0 Å². The highest BCUT2D eigenvalue weighted by Crippen LogP contribution is 2.34. The average molecular weight is 419 g/mol. The van der Waals surface area contributed by atoms with E-state index >= 15 is 0 Å². The number of nitrogens with two attached hydrogens (primary N) is 1. The molecule has 1 aromatic carbocycles. The Hall–Kier alpha value is -1.34. The molecule has 110 valence electrons. The maximum atomic E-state index is 13.7. The Kier molecular flexibility index (Phi) is 5.05. The summed E-state index contributed by atoms with van der Waals surface area (Å²) in [7, 11) is 0. The second-order valence-corrected chi connectivity index (χ2v) is 5.99. The van der Waals surface area contributed by atoms with Crippen LogP contribution in [0, 0.1) is 9.39 Å². The van der Waals surface area contributed by atoms with Crippen LogP contribution in [0.4, 0.5) is 10.2 Å². The summed E-state index contributed by atoms with van der Waals surface area (Å²) in [6.45, 7) is 5.48. The molecular weight excluding hydrogens is 406 g/mol. The Morgan fingerprint density at radius 2 is 2.24 bits per heavy atom. The summed E-state index contributed by atoms with van der Waals surface area (Å²) < 4.78 is 20.4. The third kappa shape index (κ3) is 3.47. The first kappa shape index (κ1) is 16.0. The maximum Gasteiger partial charge on any atom is 0.166 e. The van der Waals surface area contributed by atoms with Crippen molar-refractivity contribution in [2.24, 2.45) is 0 Å². The van der Waals surface area contributed by atoms with E-state index in [9.17, 15) is 4.39 Å². The monoisotopic (exact) mass is 418 g/mol. The van der Waals surface area contributed by atoms with Crippen molar-refractivity contribution in [3.8, 4) is 5.75 Å². The van der Waals surface area contributed by atoms with Crippen LogP contribution in [0.2, 0.25) is 5.02 Å². The zero-order valence-electron chi connectivity index (χ0n) is 11.2. The third-order valence-corrected chi connectivity index (χ3v) is 3.92. The molecule has 6 heteroatoms. The molecule has 3 nitrogen and oxygen atoms in total. The Labute approximate surface area is 141 Å². The molecule has 2 rings (SSSR count). The smallest absolute Gasteiger partial charge is 0.166 e. The minimum atomic E-state index is -0.499. The first-order chi connectivity index (χ1) is 9.93. The summed E-state index contributed by atoms with van der Waals surface area (Å²) in [6.07, 6.45) is 2.75. The van der Waals surface area contributed by atoms with Gasteiger partial charge >= 0.3 is 0 Å². The summed E-state index contributed by atoms with van der Waals surface area (Å²) in [5, 5.41) is 0.0251. The average Bonchev–Trinajstić information content (AvgIpc) is 2.45. The van der Waals surface area contributed by atoms with Crippen molar-refractivity contribution in [1.29, 1.82) is 0 Å². The minimum Gasteiger partial charge on any atom is -0.482 e. The first-order valence-corrected chi connectivity index (χ1v) is 7.57. The van der Waals surface area contributed by atoms with Crippen molar-refractivity contribution >= 4 is 46.1 Å². The van der Waals surface area contributed by atoms with Gasteiger partial charge in [0, 0.05) is 15.3 Å². The zero-order valence-corrected chi connectivity index (χ0v) is 14.2. The maximum absolute atomic E-state index is 13.7. The van der Waals surface area contributed by atoms with Crippen molar-refractivity contribution in [1.82, 2.24) is 4.98 Å². The van der Waals surface area contributed by atoms with Crippen molar-refractivity contribution in [3.63, 3.8) is 0 Å². The first-order valence-electron chi connectivity index (χ1n) is 6.12. The molecule has 1 atom stereocenters. The molecule has 0 bridgehead atoms. The fourth-order valence-electron chi connectivity index (χ4n) is 1.95. The van der Waals surface area contributed by atoms with Gasteiger partial charge in [0.05, 0.1) is 5.02 Å². The van der Waals surface area contributed by atoms with Crippen LogP contribution < -0.4 is 10.5 Å². The fraction of sp³-hybridized carbons (Fsp3) is 0.133. The molecule has 0 aliphatic rings. The van der Waals surface area contributed by atoms with Crippen LogP contribution in [0.3, 0.4) is 0 Å². The lowest BCUT2D eigenvalue weighted by molar-refractivity contribution is 0.227. The molecule has 0 aliphatic carbocycles. The van der Waals surface area contributed by atoms with Crippen LogP contribution in [-0.2, 0) is 0 Å². The highest BCUT2D eigenvalue weighted by Gasteiger charge is 2.19. The molecule has 1 unspecified atom stereocenters. The second kappa shape index (κ2) is 6.62. The molecule has 0 spiro atoms. The lowest BCUT2D eigenvalue weighted by Gasteiger charge is -2.19. The lowest BCUT2D eigenvalue weighted by atomic mass is 10.0. The Bertz CT molecular complexity index is 694. The number of nitrogen functional groups attached to an aromatic ring is 1. The van der Waals surface area contributed by atoms with E-state index in [2.05, 4.69) is 34.2 Å².